The molecule has 0 amide bonds. The summed E-state index contributed by atoms with van der Waals surface area (Å²) in [6, 6.07) is 1.47. The normalized spacial score (nSPS) is 15.1. The fourth-order valence-electron chi connectivity index (χ4n) is 1.25. The molecular weight excluding hydrogens is 205 g/mol. The van der Waals surface area contributed by atoms with Crippen molar-refractivity contribution in [2.45, 2.75) is 19.0 Å². The van der Waals surface area contributed by atoms with E-state index in [1.54, 1.807) is 6.92 Å². The number of nitrogen functional groups attached to an aromatic ring is 1. The Morgan fingerprint density at radius 2 is 2.29 bits per heavy atom. The second kappa shape index (κ2) is 4.11. The van der Waals surface area contributed by atoms with Crippen molar-refractivity contribution in [2.24, 2.45) is 5.73 Å². The van der Waals surface area contributed by atoms with Crippen LogP contribution >= 0.6 is 11.6 Å². The van der Waals surface area contributed by atoms with E-state index in [0.717, 1.165) is 0 Å². The van der Waals surface area contributed by atoms with Crippen molar-refractivity contribution in [1.82, 2.24) is 4.98 Å². The summed E-state index contributed by atoms with van der Waals surface area (Å²) < 4.78 is 14.1. The molecule has 0 aliphatic carbocycles. The van der Waals surface area contributed by atoms with E-state index in [4.69, 9.17) is 23.1 Å². The molecule has 1 heterocycles. The van der Waals surface area contributed by atoms with Gasteiger partial charge in [-0.25, -0.2) is 9.37 Å². The van der Waals surface area contributed by atoms with Gasteiger partial charge in [0.15, 0.2) is 5.67 Å². The number of alkyl halides is 1. The largest absolute Gasteiger partial charge is 0.383 e. The number of anilines is 1. The summed E-state index contributed by atoms with van der Waals surface area (Å²) in [7, 11) is 0. The summed E-state index contributed by atoms with van der Waals surface area (Å²) in [5.41, 5.74) is 9.56. The molecule has 0 radical (unpaired) electrons. The van der Waals surface area contributed by atoms with Crippen molar-refractivity contribution in [3.05, 3.63) is 22.8 Å². The standard InChI is InChI=1S/C9H13ClFN3/c1-2-9(11,5-12)7-3-6(10)4-14-8(7)13/h3-4H,2,5,12H2,1H3,(H2,13,14). The predicted molar refractivity (Wildman–Crippen MR) is 55.8 cm³/mol. The maximum atomic E-state index is 14.1. The highest BCUT2D eigenvalue weighted by Gasteiger charge is 2.31. The zero-order valence-electron chi connectivity index (χ0n) is 7.93. The SMILES string of the molecule is CCC(F)(CN)c1cc(Cl)cnc1N. The van der Waals surface area contributed by atoms with Crippen LogP contribution in [0.15, 0.2) is 12.3 Å². The quantitative estimate of drug-likeness (QED) is 0.812. The van der Waals surface area contributed by atoms with Gasteiger partial charge in [-0.1, -0.05) is 18.5 Å². The molecule has 1 aromatic heterocycles. The minimum atomic E-state index is -1.64. The Morgan fingerprint density at radius 3 is 2.79 bits per heavy atom. The molecule has 5 heteroatoms. The van der Waals surface area contributed by atoms with Crippen LogP contribution < -0.4 is 11.5 Å². The molecular formula is C9H13ClFN3. The number of pyridine rings is 1. The molecule has 1 atom stereocenters. The fraction of sp³-hybridized carbons (Fsp3) is 0.444. The van der Waals surface area contributed by atoms with Crippen molar-refractivity contribution < 1.29 is 4.39 Å². The Kier molecular flexibility index (Phi) is 3.29. The molecule has 1 aromatic rings. The monoisotopic (exact) mass is 217 g/mol. The number of hydrogen-bond donors (Lipinski definition) is 2. The first-order chi connectivity index (χ1) is 6.53. The number of rotatable bonds is 3. The number of nitrogens with two attached hydrogens (primary N) is 2. The van der Waals surface area contributed by atoms with Gasteiger partial charge in [-0.05, 0) is 12.5 Å². The maximum Gasteiger partial charge on any atom is 0.151 e. The van der Waals surface area contributed by atoms with Gasteiger partial charge in [0.05, 0.1) is 5.02 Å². The van der Waals surface area contributed by atoms with Gasteiger partial charge in [0.2, 0.25) is 0 Å². The van der Waals surface area contributed by atoms with Crippen molar-refractivity contribution in [3.8, 4) is 0 Å². The second-order valence-electron chi connectivity index (χ2n) is 3.11. The lowest BCUT2D eigenvalue weighted by atomic mass is 9.94. The van der Waals surface area contributed by atoms with E-state index in [1.807, 2.05) is 0 Å². The molecule has 3 nitrogen and oxygen atoms in total. The lowest BCUT2D eigenvalue weighted by Crippen LogP contribution is -2.30. The number of hydrogen-bond acceptors (Lipinski definition) is 3. The average Bonchev–Trinajstić information content (AvgIpc) is 2.20. The lowest BCUT2D eigenvalue weighted by molar-refractivity contribution is 0.169. The molecule has 1 unspecified atom stereocenters. The Labute approximate surface area is 87.3 Å². The van der Waals surface area contributed by atoms with Crippen LogP contribution in [0.5, 0.6) is 0 Å². The lowest BCUT2D eigenvalue weighted by Gasteiger charge is -2.23. The van der Waals surface area contributed by atoms with Gasteiger partial charge >= 0.3 is 0 Å². The van der Waals surface area contributed by atoms with Crippen molar-refractivity contribution in [2.75, 3.05) is 12.3 Å². The van der Waals surface area contributed by atoms with E-state index in [2.05, 4.69) is 4.98 Å². The molecule has 0 saturated heterocycles. The number of nitrogens with zero attached hydrogens (tertiary/aromatic N) is 1. The summed E-state index contributed by atoms with van der Waals surface area (Å²) in [6.45, 7) is 1.57. The van der Waals surface area contributed by atoms with Crippen LogP contribution in [-0.2, 0) is 5.67 Å². The Hall–Kier alpha value is -0.870. The molecule has 0 bridgehead atoms. The molecule has 78 valence electrons. The van der Waals surface area contributed by atoms with Crippen LogP contribution in [-0.4, -0.2) is 11.5 Å². The average molecular weight is 218 g/mol. The van der Waals surface area contributed by atoms with Crippen LogP contribution in [0, 0.1) is 0 Å². The highest BCUT2D eigenvalue weighted by Crippen LogP contribution is 2.33. The first-order valence-corrected chi connectivity index (χ1v) is 4.71. The molecule has 1 rings (SSSR count). The minimum Gasteiger partial charge on any atom is -0.383 e. The van der Waals surface area contributed by atoms with Gasteiger partial charge < -0.3 is 11.5 Å². The third-order valence-electron chi connectivity index (χ3n) is 2.25. The van der Waals surface area contributed by atoms with Crippen LogP contribution in [0.4, 0.5) is 10.2 Å². The van der Waals surface area contributed by atoms with Crippen LogP contribution in [0.1, 0.15) is 18.9 Å². The van der Waals surface area contributed by atoms with Gasteiger partial charge in [0.1, 0.15) is 5.82 Å². The van der Waals surface area contributed by atoms with Crippen molar-refractivity contribution in [3.63, 3.8) is 0 Å². The van der Waals surface area contributed by atoms with Gasteiger partial charge in [-0.15, -0.1) is 0 Å². The Morgan fingerprint density at radius 1 is 1.64 bits per heavy atom. The maximum absolute atomic E-state index is 14.1. The first kappa shape index (κ1) is 11.2. The minimum absolute atomic E-state index is 0.129. The molecule has 0 aliphatic rings. The summed E-state index contributed by atoms with van der Waals surface area (Å²) in [5, 5.41) is 0.359. The highest BCUT2D eigenvalue weighted by molar-refractivity contribution is 6.30. The van der Waals surface area contributed by atoms with E-state index in [1.165, 1.54) is 12.3 Å². The molecule has 0 saturated carbocycles. The van der Waals surface area contributed by atoms with Gasteiger partial charge in [-0.3, -0.25) is 0 Å². The number of aromatic nitrogens is 1. The zero-order valence-corrected chi connectivity index (χ0v) is 8.68. The third kappa shape index (κ3) is 1.96. The molecule has 0 aromatic carbocycles. The smallest absolute Gasteiger partial charge is 0.151 e. The van der Waals surface area contributed by atoms with E-state index in [9.17, 15) is 4.39 Å². The molecule has 0 spiro atoms. The van der Waals surface area contributed by atoms with E-state index in [0.29, 0.717) is 5.02 Å². The van der Waals surface area contributed by atoms with Gasteiger partial charge in [-0.2, -0.15) is 0 Å². The summed E-state index contributed by atoms with van der Waals surface area (Å²) in [6.07, 6.45) is 1.63. The van der Waals surface area contributed by atoms with Crippen LogP contribution in [0.25, 0.3) is 0 Å². The third-order valence-corrected chi connectivity index (χ3v) is 2.46. The van der Waals surface area contributed by atoms with Crippen molar-refractivity contribution in [1.29, 1.82) is 0 Å². The molecule has 0 aliphatic heterocycles. The van der Waals surface area contributed by atoms with Gasteiger partial charge in [0, 0.05) is 18.3 Å². The predicted octanol–water partition coefficient (Wildman–Crippen LogP) is 1.85. The molecule has 0 fully saturated rings. The van der Waals surface area contributed by atoms with Crippen molar-refractivity contribution >= 4 is 17.4 Å². The second-order valence-corrected chi connectivity index (χ2v) is 3.55. The summed E-state index contributed by atoms with van der Waals surface area (Å²) >= 11 is 5.71. The summed E-state index contributed by atoms with van der Waals surface area (Å²) in [5.74, 6) is 0.143. The molecule has 4 N–H and O–H groups in total. The Bertz CT molecular complexity index is 326. The Balaban J connectivity index is 3.22. The fourth-order valence-corrected chi connectivity index (χ4v) is 1.41. The first-order valence-electron chi connectivity index (χ1n) is 4.34. The summed E-state index contributed by atoms with van der Waals surface area (Å²) in [4.78, 5) is 3.79. The van der Waals surface area contributed by atoms with E-state index < -0.39 is 5.67 Å². The van der Waals surface area contributed by atoms with Gasteiger partial charge in [0.25, 0.3) is 0 Å². The number of halogens is 2. The van der Waals surface area contributed by atoms with E-state index in [-0.39, 0.29) is 24.3 Å². The topological polar surface area (TPSA) is 64.9 Å². The van der Waals surface area contributed by atoms with Crippen LogP contribution in [0.3, 0.4) is 0 Å². The zero-order chi connectivity index (χ0) is 10.8. The molecule has 14 heavy (non-hydrogen) atoms. The van der Waals surface area contributed by atoms with Crippen LogP contribution in [0.2, 0.25) is 5.02 Å². The van der Waals surface area contributed by atoms with E-state index >= 15 is 0 Å². The highest BCUT2D eigenvalue weighted by atomic mass is 35.5.